The SMILES string of the molecule is CCC(C)C1CNC(=S)N1. The standard InChI is InChI=1S/C7H14N2S/c1-3-5(2)6-4-8-7(10)9-6/h5-6H,3-4H2,1-2H3,(H2,8,9,10). The van der Waals surface area contributed by atoms with E-state index >= 15 is 0 Å². The van der Waals surface area contributed by atoms with Crippen molar-refractivity contribution in [1.82, 2.24) is 10.6 Å². The number of thiocarbonyl (C=S) groups is 1. The topological polar surface area (TPSA) is 24.1 Å². The average molecular weight is 158 g/mol. The summed E-state index contributed by atoms with van der Waals surface area (Å²) in [5.41, 5.74) is 0. The molecule has 0 aromatic rings. The first-order valence-corrected chi connectivity index (χ1v) is 4.19. The first kappa shape index (κ1) is 7.79. The Labute approximate surface area is 67.4 Å². The molecule has 3 heteroatoms. The molecular formula is C7H14N2S. The van der Waals surface area contributed by atoms with Crippen LogP contribution in [0, 0.1) is 5.92 Å². The predicted octanol–water partition coefficient (Wildman–Crippen LogP) is 0.879. The molecule has 0 aromatic carbocycles. The van der Waals surface area contributed by atoms with E-state index in [2.05, 4.69) is 24.5 Å². The predicted molar refractivity (Wildman–Crippen MR) is 47.0 cm³/mol. The highest BCUT2D eigenvalue weighted by molar-refractivity contribution is 7.80. The van der Waals surface area contributed by atoms with Gasteiger partial charge in [0.25, 0.3) is 0 Å². The van der Waals surface area contributed by atoms with E-state index in [9.17, 15) is 0 Å². The van der Waals surface area contributed by atoms with Crippen LogP contribution in [0.25, 0.3) is 0 Å². The van der Waals surface area contributed by atoms with Crippen molar-refractivity contribution in [2.45, 2.75) is 26.3 Å². The molecule has 0 bridgehead atoms. The lowest BCUT2D eigenvalue weighted by atomic mass is 10.0. The third kappa shape index (κ3) is 1.59. The van der Waals surface area contributed by atoms with Gasteiger partial charge in [-0.1, -0.05) is 20.3 Å². The molecule has 0 saturated carbocycles. The van der Waals surface area contributed by atoms with Crippen molar-refractivity contribution in [3.05, 3.63) is 0 Å². The van der Waals surface area contributed by atoms with Crippen molar-refractivity contribution in [1.29, 1.82) is 0 Å². The highest BCUT2D eigenvalue weighted by atomic mass is 32.1. The van der Waals surface area contributed by atoms with Gasteiger partial charge in [0, 0.05) is 12.6 Å². The molecule has 10 heavy (non-hydrogen) atoms. The molecule has 0 aliphatic carbocycles. The fourth-order valence-electron chi connectivity index (χ4n) is 1.10. The molecular weight excluding hydrogens is 144 g/mol. The van der Waals surface area contributed by atoms with Crippen LogP contribution in [0.3, 0.4) is 0 Å². The lowest BCUT2D eigenvalue weighted by Gasteiger charge is -2.15. The van der Waals surface area contributed by atoms with Gasteiger partial charge in [-0.3, -0.25) is 0 Å². The molecule has 0 aromatic heterocycles. The highest BCUT2D eigenvalue weighted by Crippen LogP contribution is 2.08. The summed E-state index contributed by atoms with van der Waals surface area (Å²) in [4.78, 5) is 0. The molecule has 1 aliphatic heterocycles. The fourth-order valence-corrected chi connectivity index (χ4v) is 1.34. The minimum Gasteiger partial charge on any atom is -0.361 e. The second kappa shape index (κ2) is 3.19. The maximum absolute atomic E-state index is 4.94. The Kier molecular flexibility index (Phi) is 2.49. The van der Waals surface area contributed by atoms with E-state index in [-0.39, 0.29) is 0 Å². The zero-order valence-corrected chi connectivity index (χ0v) is 7.29. The molecule has 1 rings (SSSR count). The van der Waals surface area contributed by atoms with Gasteiger partial charge in [-0.25, -0.2) is 0 Å². The summed E-state index contributed by atoms with van der Waals surface area (Å²) in [7, 11) is 0. The van der Waals surface area contributed by atoms with Gasteiger partial charge in [0.1, 0.15) is 0 Å². The largest absolute Gasteiger partial charge is 0.361 e. The zero-order valence-electron chi connectivity index (χ0n) is 6.48. The molecule has 1 saturated heterocycles. The van der Waals surface area contributed by atoms with Crippen LogP contribution in [-0.4, -0.2) is 17.7 Å². The van der Waals surface area contributed by atoms with E-state index in [4.69, 9.17) is 12.2 Å². The average Bonchev–Trinajstić information content (AvgIpc) is 2.34. The Morgan fingerprint density at radius 3 is 2.90 bits per heavy atom. The molecule has 2 unspecified atom stereocenters. The third-order valence-corrected chi connectivity index (χ3v) is 2.39. The summed E-state index contributed by atoms with van der Waals surface area (Å²) in [5.74, 6) is 0.716. The number of rotatable bonds is 2. The van der Waals surface area contributed by atoms with E-state index < -0.39 is 0 Å². The molecule has 1 heterocycles. The van der Waals surface area contributed by atoms with Gasteiger partial charge in [-0.2, -0.15) is 0 Å². The Balaban J connectivity index is 2.36. The smallest absolute Gasteiger partial charge is 0.166 e. The Bertz CT molecular complexity index is 136. The molecule has 0 amide bonds. The van der Waals surface area contributed by atoms with Gasteiger partial charge >= 0.3 is 0 Å². The van der Waals surface area contributed by atoms with Crippen LogP contribution < -0.4 is 10.6 Å². The first-order chi connectivity index (χ1) is 4.74. The van der Waals surface area contributed by atoms with E-state index in [0.29, 0.717) is 12.0 Å². The van der Waals surface area contributed by atoms with Gasteiger partial charge < -0.3 is 10.6 Å². The van der Waals surface area contributed by atoms with Crippen LogP contribution in [0.1, 0.15) is 20.3 Å². The minimum atomic E-state index is 0.553. The van der Waals surface area contributed by atoms with Crippen LogP contribution in [0.15, 0.2) is 0 Å². The van der Waals surface area contributed by atoms with Gasteiger partial charge in [-0.05, 0) is 18.1 Å². The summed E-state index contributed by atoms with van der Waals surface area (Å²) in [6.45, 7) is 5.44. The third-order valence-electron chi connectivity index (χ3n) is 2.13. The van der Waals surface area contributed by atoms with Gasteiger partial charge in [-0.15, -0.1) is 0 Å². The summed E-state index contributed by atoms with van der Waals surface area (Å²) in [5, 5.41) is 7.14. The number of nitrogens with one attached hydrogen (secondary N) is 2. The second-order valence-electron chi connectivity index (χ2n) is 2.85. The van der Waals surface area contributed by atoms with Gasteiger partial charge in [0.05, 0.1) is 0 Å². The van der Waals surface area contributed by atoms with Crippen molar-refractivity contribution < 1.29 is 0 Å². The van der Waals surface area contributed by atoms with Crippen molar-refractivity contribution >= 4 is 17.3 Å². The quantitative estimate of drug-likeness (QED) is 0.583. The Morgan fingerprint density at radius 2 is 2.50 bits per heavy atom. The first-order valence-electron chi connectivity index (χ1n) is 3.78. The second-order valence-corrected chi connectivity index (χ2v) is 3.25. The van der Waals surface area contributed by atoms with Crippen molar-refractivity contribution in [2.75, 3.05) is 6.54 Å². The number of hydrogen-bond acceptors (Lipinski definition) is 1. The molecule has 0 radical (unpaired) electrons. The van der Waals surface area contributed by atoms with E-state index in [1.54, 1.807) is 0 Å². The van der Waals surface area contributed by atoms with Gasteiger partial charge in [0.15, 0.2) is 5.11 Å². The molecule has 2 nitrogen and oxygen atoms in total. The monoisotopic (exact) mass is 158 g/mol. The van der Waals surface area contributed by atoms with Crippen LogP contribution in [0.4, 0.5) is 0 Å². The molecule has 58 valence electrons. The van der Waals surface area contributed by atoms with E-state index in [0.717, 1.165) is 11.7 Å². The summed E-state index contributed by atoms with van der Waals surface area (Å²) < 4.78 is 0. The molecule has 2 N–H and O–H groups in total. The minimum absolute atomic E-state index is 0.553. The molecule has 0 spiro atoms. The maximum Gasteiger partial charge on any atom is 0.166 e. The molecule has 1 fully saturated rings. The van der Waals surface area contributed by atoms with E-state index in [1.165, 1.54) is 6.42 Å². The van der Waals surface area contributed by atoms with E-state index in [1.807, 2.05) is 0 Å². The summed E-state index contributed by atoms with van der Waals surface area (Å²) in [6, 6.07) is 0.553. The van der Waals surface area contributed by atoms with Crippen molar-refractivity contribution in [2.24, 2.45) is 5.92 Å². The van der Waals surface area contributed by atoms with Crippen LogP contribution in [0.2, 0.25) is 0 Å². The lowest BCUT2D eigenvalue weighted by Crippen LogP contribution is -2.32. The van der Waals surface area contributed by atoms with Crippen LogP contribution in [0.5, 0.6) is 0 Å². The van der Waals surface area contributed by atoms with Crippen LogP contribution in [-0.2, 0) is 0 Å². The Hall–Kier alpha value is -0.310. The normalized spacial score (nSPS) is 27.4. The lowest BCUT2D eigenvalue weighted by molar-refractivity contribution is 0.435. The molecule has 1 aliphatic rings. The summed E-state index contributed by atoms with van der Waals surface area (Å²) >= 11 is 4.94. The van der Waals surface area contributed by atoms with Crippen molar-refractivity contribution in [3.63, 3.8) is 0 Å². The Morgan fingerprint density at radius 1 is 1.80 bits per heavy atom. The van der Waals surface area contributed by atoms with Crippen molar-refractivity contribution in [3.8, 4) is 0 Å². The summed E-state index contributed by atoms with van der Waals surface area (Å²) in [6.07, 6.45) is 1.21. The highest BCUT2D eigenvalue weighted by Gasteiger charge is 2.21. The fraction of sp³-hybridized carbons (Fsp3) is 0.857. The number of hydrogen-bond donors (Lipinski definition) is 2. The van der Waals surface area contributed by atoms with Gasteiger partial charge in [0.2, 0.25) is 0 Å². The molecule has 2 atom stereocenters. The van der Waals surface area contributed by atoms with Crippen LogP contribution >= 0.6 is 12.2 Å². The zero-order chi connectivity index (χ0) is 7.56. The maximum atomic E-state index is 4.94.